The molecule has 0 spiro atoms. The van der Waals surface area contributed by atoms with E-state index >= 15 is 0 Å². The largest absolute Gasteiger partial charge is 0.343 e. The third-order valence-corrected chi connectivity index (χ3v) is 6.02. The van der Waals surface area contributed by atoms with Crippen molar-refractivity contribution < 1.29 is 14.2 Å². The summed E-state index contributed by atoms with van der Waals surface area (Å²) in [6.07, 6.45) is 2.49. The SMILES string of the molecule is Cc1cc(CP(C)(N)=O)cc(C)c1Cc1cccc(C(=O)N[C@@H](C=O)CC(C)C)c1. The van der Waals surface area contributed by atoms with Crippen LogP contribution >= 0.6 is 7.29 Å². The molecule has 0 radical (unpaired) electrons. The number of rotatable bonds is 9. The Labute approximate surface area is 179 Å². The molecule has 162 valence electrons. The van der Waals surface area contributed by atoms with E-state index in [2.05, 4.69) is 5.32 Å². The molecule has 1 amide bonds. The summed E-state index contributed by atoms with van der Waals surface area (Å²) >= 11 is 0. The van der Waals surface area contributed by atoms with Crippen LogP contribution in [-0.2, 0) is 21.9 Å². The zero-order valence-electron chi connectivity index (χ0n) is 18.6. The molecular formula is C24H33N2O3P. The molecule has 1 unspecified atom stereocenters. The first-order chi connectivity index (χ1) is 14.0. The van der Waals surface area contributed by atoms with Crippen LogP contribution in [0.2, 0.25) is 0 Å². The average molecular weight is 429 g/mol. The highest BCUT2D eigenvalue weighted by Crippen LogP contribution is 2.36. The van der Waals surface area contributed by atoms with Crippen molar-refractivity contribution in [3.8, 4) is 0 Å². The summed E-state index contributed by atoms with van der Waals surface area (Å²) in [5, 5.41) is 2.81. The van der Waals surface area contributed by atoms with E-state index in [-0.39, 0.29) is 5.91 Å². The van der Waals surface area contributed by atoms with Gasteiger partial charge in [-0.2, -0.15) is 0 Å². The zero-order chi connectivity index (χ0) is 22.5. The molecule has 30 heavy (non-hydrogen) atoms. The Hall–Kier alpha value is -2.23. The molecule has 2 aromatic carbocycles. The summed E-state index contributed by atoms with van der Waals surface area (Å²) in [7, 11) is -2.62. The lowest BCUT2D eigenvalue weighted by Crippen LogP contribution is -2.37. The van der Waals surface area contributed by atoms with Gasteiger partial charge >= 0.3 is 0 Å². The van der Waals surface area contributed by atoms with Crippen molar-refractivity contribution in [2.45, 2.75) is 52.7 Å². The van der Waals surface area contributed by atoms with Crippen LogP contribution in [0.15, 0.2) is 36.4 Å². The Morgan fingerprint density at radius 3 is 2.30 bits per heavy atom. The second kappa shape index (κ2) is 10.2. The molecule has 2 rings (SSSR count). The predicted molar refractivity (Wildman–Crippen MR) is 123 cm³/mol. The second-order valence-corrected chi connectivity index (χ2v) is 11.4. The van der Waals surface area contributed by atoms with Crippen LogP contribution in [0.25, 0.3) is 0 Å². The molecule has 0 aliphatic rings. The van der Waals surface area contributed by atoms with Crippen LogP contribution < -0.4 is 10.8 Å². The van der Waals surface area contributed by atoms with Crippen molar-refractivity contribution in [1.29, 1.82) is 0 Å². The minimum atomic E-state index is -2.62. The standard InChI is InChI=1S/C24H33N2O3P/c1-16(2)9-22(14-27)26-24(28)21-8-6-7-19(12-21)13-23-17(3)10-20(11-18(23)4)15-30(5,25)29/h6-8,10-12,14,16,22H,9,13,15H2,1-5H3,(H2,25,29)(H,26,28)/t22-,30?/m1/s1. The molecule has 0 aliphatic carbocycles. The first-order valence-corrected chi connectivity index (χ1v) is 12.7. The number of carbonyl (C=O) groups excluding carboxylic acids is 2. The fourth-order valence-corrected chi connectivity index (χ4v) is 4.66. The van der Waals surface area contributed by atoms with Crippen LogP contribution in [0, 0.1) is 19.8 Å². The van der Waals surface area contributed by atoms with E-state index in [1.54, 1.807) is 12.7 Å². The topological polar surface area (TPSA) is 89.3 Å². The normalized spacial score (nSPS) is 14.2. The Morgan fingerprint density at radius 1 is 1.13 bits per heavy atom. The van der Waals surface area contributed by atoms with Gasteiger partial charge in [-0.05, 0) is 72.6 Å². The number of aldehydes is 1. The minimum Gasteiger partial charge on any atom is -0.343 e. The van der Waals surface area contributed by atoms with Crippen molar-refractivity contribution in [3.63, 3.8) is 0 Å². The summed E-state index contributed by atoms with van der Waals surface area (Å²) in [5.41, 5.74) is 11.7. The fraction of sp³-hybridized carbons (Fsp3) is 0.417. The van der Waals surface area contributed by atoms with Gasteiger partial charge in [-0.1, -0.05) is 38.1 Å². The van der Waals surface area contributed by atoms with Crippen LogP contribution in [0.3, 0.4) is 0 Å². The molecule has 2 atom stereocenters. The third-order valence-electron chi connectivity index (χ3n) is 5.03. The van der Waals surface area contributed by atoms with Crippen LogP contribution in [0.1, 0.15) is 58.4 Å². The monoisotopic (exact) mass is 428 g/mol. The van der Waals surface area contributed by atoms with E-state index in [1.807, 2.05) is 58.0 Å². The van der Waals surface area contributed by atoms with Crippen molar-refractivity contribution in [2.24, 2.45) is 11.4 Å². The molecule has 2 aromatic rings. The van der Waals surface area contributed by atoms with Gasteiger partial charge in [0.15, 0.2) is 0 Å². The molecule has 0 aromatic heterocycles. The first-order valence-electron chi connectivity index (χ1n) is 10.3. The first kappa shape index (κ1) is 24.0. The number of hydrogen-bond acceptors (Lipinski definition) is 3. The number of aryl methyl sites for hydroxylation is 2. The van der Waals surface area contributed by atoms with Crippen LogP contribution in [0.5, 0.6) is 0 Å². The Kier molecular flexibility index (Phi) is 8.17. The number of benzene rings is 2. The van der Waals surface area contributed by atoms with Gasteiger partial charge < -0.3 is 14.7 Å². The van der Waals surface area contributed by atoms with Crippen molar-refractivity contribution in [3.05, 3.63) is 69.8 Å². The van der Waals surface area contributed by atoms with Gasteiger partial charge in [0.2, 0.25) is 0 Å². The lowest BCUT2D eigenvalue weighted by Gasteiger charge is -2.16. The van der Waals surface area contributed by atoms with Gasteiger partial charge in [-0.15, -0.1) is 0 Å². The van der Waals surface area contributed by atoms with E-state index in [4.69, 9.17) is 5.50 Å². The van der Waals surface area contributed by atoms with Gasteiger partial charge in [0.1, 0.15) is 13.6 Å². The highest BCUT2D eigenvalue weighted by molar-refractivity contribution is 7.59. The van der Waals surface area contributed by atoms with Crippen molar-refractivity contribution in [1.82, 2.24) is 5.32 Å². The summed E-state index contributed by atoms with van der Waals surface area (Å²) < 4.78 is 12.0. The maximum absolute atomic E-state index is 12.6. The highest BCUT2D eigenvalue weighted by Gasteiger charge is 2.16. The molecule has 0 fully saturated rings. The van der Waals surface area contributed by atoms with Gasteiger partial charge in [-0.3, -0.25) is 10.3 Å². The summed E-state index contributed by atoms with van der Waals surface area (Å²) in [6.45, 7) is 9.72. The lowest BCUT2D eigenvalue weighted by molar-refractivity contribution is -0.109. The smallest absolute Gasteiger partial charge is 0.251 e. The Bertz CT molecular complexity index is 940. The molecule has 0 aliphatic heterocycles. The molecule has 6 heteroatoms. The van der Waals surface area contributed by atoms with Gasteiger partial charge in [0.25, 0.3) is 5.91 Å². The molecule has 3 N–H and O–H groups in total. The van der Waals surface area contributed by atoms with Gasteiger partial charge in [0.05, 0.1) is 6.04 Å². The lowest BCUT2D eigenvalue weighted by atomic mass is 9.93. The molecule has 5 nitrogen and oxygen atoms in total. The number of hydrogen-bond donors (Lipinski definition) is 2. The molecule has 0 saturated carbocycles. The maximum atomic E-state index is 12.6. The van der Waals surface area contributed by atoms with Crippen molar-refractivity contribution in [2.75, 3.05) is 6.66 Å². The van der Waals surface area contributed by atoms with E-state index in [1.165, 1.54) is 5.56 Å². The Morgan fingerprint density at radius 2 is 1.77 bits per heavy atom. The minimum absolute atomic E-state index is 0.236. The molecule has 0 heterocycles. The summed E-state index contributed by atoms with van der Waals surface area (Å²) in [6, 6.07) is 11.1. The second-order valence-electron chi connectivity index (χ2n) is 8.76. The summed E-state index contributed by atoms with van der Waals surface area (Å²) in [4.78, 5) is 23.9. The fourth-order valence-electron chi connectivity index (χ4n) is 3.75. The highest BCUT2D eigenvalue weighted by atomic mass is 31.2. The van der Waals surface area contributed by atoms with Crippen molar-refractivity contribution >= 4 is 19.5 Å². The van der Waals surface area contributed by atoms with Crippen LogP contribution in [0.4, 0.5) is 0 Å². The number of nitrogens with one attached hydrogen (secondary N) is 1. The van der Waals surface area contributed by atoms with E-state index in [9.17, 15) is 14.2 Å². The van der Waals surface area contributed by atoms with E-state index in [0.717, 1.165) is 28.5 Å². The number of nitrogens with two attached hydrogens (primary N) is 1. The van der Waals surface area contributed by atoms with Gasteiger partial charge in [0, 0.05) is 18.4 Å². The Balaban J connectivity index is 2.20. The van der Waals surface area contributed by atoms with Gasteiger partial charge in [-0.25, -0.2) is 0 Å². The third kappa shape index (κ3) is 7.23. The zero-order valence-corrected chi connectivity index (χ0v) is 19.5. The molecule has 0 bridgehead atoms. The predicted octanol–water partition coefficient (Wildman–Crippen LogP) is 4.60. The summed E-state index contributed by atoms with van der Waals surface area (Å²) in [5.74, 6) is 0.0849. The quantitative estimate of drug-likeness (QED) is 0.451. The van der Waals surface area contributed by atoms with E-state index in [0.29, 0.717) is 30.5 Å². The molecular weight excluding hydrogens is 395 g/mol. The number of amides is 1. The molecule has 0 saturated heterocycles. The maximum Gasteiger partial charge on any atom is 0.251 e. The van der Waals surface area contributed by atoms with Crippen LogP contribution in [-0.4, -0.2) is 24.9 Å². The average Bonchev–Trinajstić information content (AvgIpc) is 2.62. The number of carbonyl (C=O) groups is 2. The van der Waals surface area contributed by atoms with E-state index < -0.39 is 13.3 Å².